The number of carbonyl (C=O) groups excluding carboxylic acids is 1. The van der Waals surface area contributed by atoms with E-state index in [0.717, 1.165) is 59.5 Å². The molecule has 1 aliphatic heterocycles. The number of pyridine rings is 2. The average molecular weight is 437 g/mol. The van der Waals surface area contributed by atoms with E-state index in [1.807, 2.05) is 49.4 Å². The first-order valence-corrected chi connectivity index (χ1v) is 11.0. The number of benzene rings is 1. The fourth-order valence-corrected chi connectivity index (χ4v) is 3.95. The van der Waals surface area contributed by atoms with Gasteiger partial charge in [-0.25, -0.2) is 4.98 Å². The Hall–Kier alpha value is -2.92. The summed E-state index contributed by atoms with van der Waals surface area (Å²) in [4.78, 5) is 21.4. The van der Waals surface area contributed by atoms with Crippen molar-refractivity contribution >= 4 is 17.6 Å². The minimum absolute atomic E-state index is 0.205. The van der Waals surface area contributed by atoms with Gasteiger partial charge in [0.1, 0.15) is 6.61 Å². The maximum Gasteiger partial charge on any atom is 0.310 e. The van der Waals surface area contributed by atoms with Crippen LogP contribution >= 0.6 is 11.6 Å². The summed E-state index contributed by atoms with van der Waals surface area (Å²) in [5.41, 5.74) is 5.70. The Morgan fingerprint density at radius 3 is 2.84 bits per heavy atom. The Morgan fingerprint density at radius 2 is 1.97 bits per heavy atom. The lowest BCUT2D eigenvalue weighted by molar-refractivity contribution is -0.142. The van der Waals surface area contributed by atoms with Gasteiger partial charge >= 0.3 is 5.97 Å². The normalized spacial score (nSPS) is 13.5. The number of rotatable bonds is 3. The SMILES string of the molecule is CCOC(=O)Cc1ccc2cc1CCCCc1nc(ccc1Cl)COc1cccc-2n1. The van der Waals surface area contributed by atoms with E-state index in [1.165, 1.54) is 0 Å². The number of ether oxygens (including phenoxy) is 2. The lowest BCUT2D eigenvalue weighted by Gasteiger charge is -2.12. The molecule has 6 heteroatoms. The van der Waals surface area contributed by atoms with Crippen LogP contribution in [0.5, 0.6) is 5.88 Å². The molecule has 0 radical (unpaired) electrons. The summed E-state index contributed by atoms with van der Waals surface area (Å²) in [5.74, 6) is 0.339. The highest BCUT2D eigenvalue weighted by Gasteiger charge is 2.13. The van der Waals surface area contributed by atoms with Gasteiger partial charge in [-0.15, -0.1) is 0 Å². The number of fused-ring (bicyclic) bond motifs is 7. The molecule has 0 spiro atoms. The molecule has 0 unspecified atom stereocenters. The first-order valence-electron chi connectivity index (χ1n) is 10.6. The van der Waals surface area contributed by atoms with Gasteiger partial charge in [-0.1, -0.05) is 29.8 Å². The molecule has 31 heavy (non-hydrogen) atoms. The first kappa shape index (κ1) is 21.3. The molecule has 6 bridgehead atoms. The molecule has 0 saturated heterocycles. The van der Waals surface area contributed by atoms with Crippen molar-refractivity contribution in [1.29, 1.82) is 0 Å². The third kappa shape index (κ3) is 5.42. The number of hydrogen-bond acceptors (Lipinski definition) is 5. The quantitative estimate of drug-likeness (QED) is 0.517. The van der Waals surface area contributed by atoms with E-state index in [1.54, 1.807) is 0 Å². The number of halogens is 1. The molecular weight excluding hydrogens is 412 g/mol. The van der Waals surface area contributed by atoms with E-state index in [-0.39, 0.29) is 12.4 Å². The smallest absolute Gasteiger partial charge is 0.310 e. The van der Waals surface area contributed by atoms with Gasteiger partial charge in [0.25, 0.3) is 0 Å². The Morgan fingerprint density at radius 1 is 1.10 bits per heavy atom. The first-order chi connectivity index (χ1) is 15.1. The molecule has 0 fully saturated rings. The molecule has 4 rings (SSSR count). The molecule has 0 aliphatic carbocycles. The molecule has 0 N–H and O–H groups in total. The minimum Gasteiger partial charge on any atom is -0.471 e. The summed E-state index contributed by atoms with van der Waals surface area (Å²) in [7, 11) is 0. The fraction of sp³-hybridized carbons (Fsp3) is 0.320. The molecule has 1 aromatic carbocycles. The Labute approximate surface area is 187 Å². The highest BCUT2D eigenvalue weighted by atomic mass is 35.5. The van der Waals surface area contributed by atoms with Gasteiger partial charge in [-0.05, 0) is 68.0 Å². The zero-order valence-corrected chi connectivity index (χ0v) is 18.3. The van der Waals surface area contributed by atoms with Gasteiger partial charge < -0.3 is 9.47 Å². The second-order valence-corrected chi connectivity index (χ2v) is 7.96. The molecule has 2 aromatic heterocycles. The van der Waals surface area contributed by atoms with E-state index in [4.69, 9.17) is 21.1 Å². The summed E-state index contributed by atoms with van der Waals surface area (Å²) < 4.78 is 11.1. The summed E-state index contributed by atoms with van der Waals surface area (Å²) in [5, 5.41) is 0.679. The van der Waals surface area contributed by atoms with Crippen molar-refractivity contribution in [3.8, 4) is 17.1 Å². The van der Waals surface area contributed by atoms with Crippen LogP contribution in [0.15, 0.2) is 48.5 Å². The van der Waals surface area contributed by atoms with E-state index in [9.17, 15) is 4.79 Å². The van der Waals surface area contributed by atoms with Crippen LogP contribution in [0.2, 0.25) is 5.02 Å². The topological polar surface area (TPSA) is 61.3 Å². The Balaban J connectivity index is 1.68. The molecule has 1 aliphatic rings. The van der Waals surface area contributed by atoms with E-state index in [0.29, 0.717) is 24.1 Å². The number of esters is 1. The Bertz CT molecular complexity index is 1080. The number of carbonyl (C=O) groups is 1. The highest BCUT2D eigenvalue weighted by molar-refractivity contribution is 6.31. The van der Waals surface area contributed by atoms with Crippen molar-refractivity contribution in [2.24, 2.45) is 0 Å². The molecule has 0 atom stereocenters. The van der Waals surface area contributed by atoms with Crippen LogP contribution in [0.3, 0.4) is 0 Å². The van der Waals surface area contributed by atoms with Crippen LogP contribution in [0.25, 0.3) is 11.3 Å². The summed E-state index contributed by atoms with van der Waals surface area (Å²) >= 11 is 6.36. The van der Waals surface area contributed by atoms with Crippen molar-refractivity contribution in [3.63, 3.8) is 0 Å². The highest BCUT2D eigenvalue weighted by Crippen LogP contribution is 2.26. The van der Waals surface area contributed by atoms with E-state index >= 15 is 0 Å². The molecule has 0 saturated carbocycles. The fourth-order valence-electron chi connectivity index (χ4n) is 3.75. The van der Waals surface area contributed by atoms with Gasteiger partial charge in [0, 0.05) is 11.6 Å². The van der Waals surface area contributed by atoms with Crippen molar-refractivity contribution in [3.05, 3.63) is 76.1 Å². The largest absolute Gasteiger partial charge is 0.471 e. The molecule has 3 heterocycles. The number of aromatic nitrogens is 2. The van der Waals surface area contributed by atoms with Crippen LogP contribution < -0.4 is 4.74 Å². The molecular formula is C25H25ClN2O3. The lowest BCUT2D eigenvalue weighted by Crippen LogP contribution is -2.09. The number of hydrogen-bond donors (Lipinski definition) is 0. The van der Waals surface area contributed by atoms with Crippen molar-refractivity contribution in [2.45, 2.75) is 45.6 Å². The molecule has 160 valence electrons. The van der Waals surface area contributed by atoms with Crippen LogP contribution in [0, 0.1) is 0 Å². The van der Waals surface area contributed by atoms with Gasteiger partial charge in [-0.2, -0.15) is 0 Å². The lowest BCUT2D eigenvalue weighted by atomic mass is 9.95. The van der Waals surface area contributed by atoms with Gasteiger partial charge in [0.15, 0.2) is 0 Å². The maximum absolute atomic E-state index is 12.1. The zero-order valence-electron chi connectivity index (χ0n) is 17.6. The van der Waals surface area contributed by atoms with E-state index < -0.39 is 0 Å². The predicted octanol–water partition coefficient (Wildman–Crippen LogP) is 5.36. The third-order valence-corrected chi connectivity index (χ3v) is 5.66. The number of aryl methyl sites for hydroxylation is 2. The second kappa shape index (κ2) is 9.92. The van der Waals surface area contributed by atoms with Crippen LogP contribution in [0.4, 0.5) is 0 Å². The average Bonchev–Trinajstić information content (AvgIpc) is 2.77. The standard InChI is InChI=1S/C25H25ClN2O3/c1-2-30-25(29)15-18-10-11-19-14-17(18)6-3-4-7-23-21(26)13-12-20(27-23)16-31-24-9-5-8-22(19)28-24/h5,8-14H,2-4,6-7,15-16H2,1H3. The molecule has 5 nitrogen and oxygen atoms in total. The molecule has 0 amide bonds. The minimum atomic E-state index is -0.205. The third-order valence-electron chi connectivity index (χ3n) is 5.32. The van der Waals surface area contributed by atoms with Gasteiger partial charge in [-0.3, -0.25) is 9.78 Å². The van der Waals surface area contributed by atoms with Crippen molar-refractivity contribution in [1.82, 2.24) is 9.97 Å². The number of nitrogens with zero attached hydrogens (tertiary/aromatic N) is 2. The van der Waals surface area contributed by atoms with Crippen molar-refractivity contribution < 1.29 is 14.3 Å². The zero-order chi connectivity index (χ0) is 21.6. The monoisotopic (exact) mass is 436 g/mol. The van der Waals surface area contributed by atoms with Gasteiger partial charge in [0.2, 0.25) is 5.88 Å². The Kier molecular flexibility index (Phi) is 6.82. The van der Waals surface area contributed by atoms with Crippen LogP contribution in [0.1, 0.15) is 42.3 Å². The predicted molar refractivity (Wildman–Crippen MR) is 120 cm³/mol. The summed E-state index contributed by atoms with van der Waals surface area (Å²) in [6.45, 7) is 2.55. The molecule has 3 aromatic rings. The maximum atomic E-state index is 12.1. The van der Waals surface area contributed by atoms with E-state index in [2.05, 4.69) is 16.0 Å². The summed E-state index contributed by atoms with van der Waals surface area (Å²) in [6, 6.07) is 15.7. The van der Waals surface area contributed by atoms with Crippen LogP contribution in [-0.2, 0) is 35.4 Å². The van der Waals surface area contributed by atoms with Crippen molar-refractivity contribution in [2.75, 3.05) is 6.61 Å². The second-order valence-electron chi connectivity index (χ2n) is 7.55. The van der Waals surface area contributed by atoms with Crippen LogP contribution in [-0.4, -0.2) is 22.5 Å². The summed E-state index contributed by atoms with van der Waals surface area (Å²) in [6.07, 6.45) is 3.84. The van der Waals surface area contributed by atoms with Gasteiger partial charge in [0.05, 0.1) is 35.1 Å².